The number of rotatable bonds is 0. The van der Waals surface area contributed by atoms with Crippen LogP contribution in [-0.2, 0) is 14.4 Å². The molecule has 0 aliphatic carbocycles. The minimum Gasteiger partial charge on any atom is -0.343 e. The molecule has 3 aliphatic heterocycles. The van der Waals surface area contributed by atoms with E-state index in [0.717, 1.165) is 39.3 Å². The molecule has 0 N–H and O–H groups in total. The molecule has 172 valence electrons. The van der Waals surface area contributed by atoms with Crippen molar-refractivity contribution >= 4 is 17.7 Å². The van der Waals surface area contributed by atoms with Crippen molar-refractivity contribution in [3.05, 3.63) is 0 Å². The lowest BCUT2D eigenvalue weighted by Crippen LogP contribution is -2.33. The molecule has 29 heavy (non-hydrogen) atoms. The third-order valence-corrected chi connectivity index (χ3v) is 5.40. The van der Waals surface area contributed by atoms with Gasteiger partial charge < -0.3 is 14.7 Å². The molecule has 0 aromatic carbocycles. The van der Waals surface area contributed by atoms with Crippen molar-refractivity contribution in [2.45, 2.75) is 93.4 Å². The Morgan fingerprint density at radius 1 is 0.414 bits per heavy atom. The monoisotopic (exact) mass is 413 g/mol. The van der Waals surface area contributed by atoms with Crippen LogP contribution < -0.4 is 0 Å². The van der Waals surface area contributed by atoms with E-state index in [2.05, 4.69) is 0 Å². The van der Waals surface area contributed by atoms with Crippen molar-refractivity contribution < 1.29 is 14.4 Å². The average Bonchev–Trinajstić information content (AvgIpc) is 2.71. The number of likely N-dealkylation sites (tertiary alicyclic amines) is 3. The predicted octanol–water partition coefficient (Wildman–Crippen LogP) is 4.33. The van der Waals surface area contributed by atoms with Gasteiger partial charge in [-0.25, -0.2) is 0 Å². The van der Waals surface area contributed by atoms with Crippen LogP contribution in [0, 0.1) is 0 Å². The summed E-state index contributed by atoms with van der Waals surface area (Å²) >= 11 is 0. The molecule has 0 aromatic rings. The van der Waals surface area contributed by atoms with Gasteiger partial charge in [-0.1, -0.05) is 14.9 Å². The normalized spacial score (nSPS) is 18.5. The highest BCUT2D eigenvalue weighted by Gasteiger charge is 2.12. The molecule has 0 unspecified atom stereocenters. The lowest BCUT2D eigenvalue weighted by Gasteiger charge is -2.24. The van der Waals surface area contributed by atoms with Gasteiger partial charge >= 0.3 is 0 Å². The largest absolute Gasteiger partial charge is 0.343 e. The van der Waals surface area contributed by atoms with Gasteiger partial charge in [0.2, 0.25) is 17.7 Å². The fourth-order valence-electron chi connectivity index (χ4n) is 3.63. The molecule has 3 rings (SSSR count). The molecule has 3 aliphatic rings. The van der Waals surface area contributed by atoms with Crippen molar-refractivity contribution in [2.24, 2.45) is 0 Å². The average molecular weight is 414 g/mol. The second-order valence-electron chi connectivity index (χ2n) is 7.70. The van der Waals surface area contributed by atoms with Crippen LogP contribution in [0.4, 0.5) is 0 Å². The summed E-state index contributed by atoms with van der Waals surface area (Å²) in [5, 5.41) is 0. The molecule has 0 saturated carbocycles. The first kappa shape index (κ1) is 29.6. The van der Waals surface area contributed by atoms with E-state index in [1.165, 1.54) is 57.8 Å². The van der Waals surface area contributed by atoms with Gasteiger partial charge in [0.05, 0.1) is 0 Å². The Labute approximate surface area is 180 Å². The Balaban J connectivity index is 0. The molecule has 3 heterocycles. The van der Waals surface area contributed by atoms with Crippen LogP contribution in [-0.4, -0.2) is 71.7 Å². The van der Waals surface area contributed by atoms with Gasteiger partial charge in [-0.05, 0) is 57.8 Å². The van der Waals surface area contributed by atoms with Gasteiger partial charge in [-0.2, -0.15) is 0 Å². The summed E-state index contributed by atoms with van der Waals surface area (Å²) in [5.41, 5.74) is 0. The Morgan fingerprint density at radius 2 is 0.586 bits per heavy atom. The molecule has 0 bridgehead atoms. The fraction of sp³-hybridized carbons (Fsp3) is 0.870. The summed E-state index contributed by atoms with van der Waals surface area (Å²) in [6.45, 7) is 10.8. The van der Waals surface area contributed by atoms with Crippen LogP contribution in [0.5, 0.6) is 0 Å². The van der Waals surface area contributed by atoms with Gasteiger partial charge in [0.15, 0.2) is 0 Å². The van der Waals surface area contributed by atoms with Gasteiger partial charge in [0, 0.05) is 60.0 Å². The van der Waals surface area contributed by atoms with E-state index in [-0.39, 0.29) is 32.6 Å². The Hall–Kier alpha value is -1.59. The zero-order valence-corrected chi connectivity index (χ0v) is 17.7. The van der Waals surface area contributed by atoms with E-state index < -0.39 is 0 Å². The quantitative estimate of drug-likeness (QED) is 0.594. The first-order valence-corrected chi connectivity index (χ1v) is 10.7. The van der Waals surface area contributed by atoms with Crippen molar-refractivity contribution in [1.82, 2.24) is 14.7 Å². The topological polar surface area (TPSA) is 60.9 Å². The molecular weight excluding hydrogens is 366 g/mol. The van der Waals surface area contributed by atoms with Crippen LogP contribution in [0.2, 0.25) is 0 Å². The van der Waals surface area contributed by atoms with E-state index in [1.807, 2.05) is 14.7 Å². The summed E-state index contributed by atoms with van der Waals surface area (Å²) in [6.07, 6.45) is 11.1. The highest BCUT2D eigenvalue weighted by Crippen LogP contribution is 2.09. The highest BCUT2D eigenvalue weighted by atomic mass is 16.2. The van der Waals surface area contributed by atoms with Crippen LogP contribution >= 0.6 is 0 Å². The summed E-state index contributed by atoms with van der Waals surface area (Å²) in [6, 6.07) is 0. The van der Waals surface area contributed by atoms with E-state index in [1.54, 1.807) is 20.8 Å². The summed E-state index contributed by atoms with van der Waals surface area (Å²) in [4.78, 5) is 37.9. The maximum atomic E-state index is 10.7. The number of carbonyl (C=O) groups excluding carboxylic acids is 3. The van der Waals surface area contributed by atoms with Crippen molar-refractivity contribution in [3.8, 4) is 0 Å². The first-order chi connectivity index (χ1) is 12.9. The molecule has 6 nitrogen and oxygen atoms in total. The number of hydrogen-bond donors (Lipinski definition) is 0. The van der Waals surface area contributed by atoms with Crippen molar-refractivity contribution in [2.75, 3.05) is 39.3 Å². The van der Waals surface area contributed by atoms with Crippen LogP contribution in [0.25, 0.3) is 0 Å². The zero-order valence-electron chi connectivity index (χ0n) is 17.7. The third kappa shape index (κ3) is 13.3. The molecule has 0 radical (unpaired) electrons. The zero-order chi connectivity index (χ0) is 20.1. The Bertz CT molecular complexity index is 384. The number of nitrogens with zero attached hydrogens (tertiary/aromatic N) is 3. The SMILES string of the molecule is C.C.CC(=O)N1CCCCC1.CC(=O)N1CCCCC1.CC(=O)N1CCCCC1. The Kier molecular flexibility index (Phi) is 17.6. The molecule has 3 amide bonds. The number of hydrogen-bond acceptors (Lipinski definition) is 3. The van der Waals surface area contributed by atoms with E-state index in [4.69, 9.17) is 0 Å². The van der Waals surface area contributed by atoms with Crippen molar-refractivity contribution in [1.29, 1.82) is 0 Å². The minimum atomic E-state index is 0. The predicted molar refractivity (Wildman–Crippen MR) is 122 cm³/mol. The molecule has 6 heteroatoms. The van der Waals surface area contributed by atoms with E-state index >= 15 is 0 Å². The Morgan fingerprint density at radius 3 is 0.690 bits per heavy atom. The first-order valence-electron chi connectivity index (χ1n) is 10.7. The van der Waals surface area contributed by atoms with Crippen molar-refractivity contribution in [3.63, 3.8) is 0 Å². The summed E-state index contributed by atoms with van der Waals surface area (Å²) in [5.74, 6) is 0.694. The lowest BCUT2D eigenvalue weighted by molar-refractivity contribution is -0.130. The number of amides is 3. The molecule has 0 atom stereocenters. The van der Waals surface area contributed by atoms with Crippen LogP contribution in [0.1, 0.15) is 93.4 Å². The van der Waals surface area contributed by atoms with Gasteiger partial charge in [0.1, 0.15) is 0 Å². The summed E-state index contributed by atoms with van der Waals surface area (Å²) < 4.78 is 0. The van der Waals surface area contributed by atoms with Gasteiger partial charge in [-0.3, -0.25) is 14.4 Å². The second-order valence-corrected chi connectivity index (χ2v) is 7.70. The van der Waals surface area contributed by atoms with Gasteiger partial charge in [0.25, 0.3) is 0 Å². The second kappa shape index (κ2) is 17.3. The molecule has 0 spiro atoms. The number of carbonyl (C=O) groups is 3. The lowest BCUT2D eigenvalue weighted by atomic mass is 10.1. The van der Waals surface area contributed by atoms with Gasteiger partial charge in [-0.15, -0.1) is 0 Å². The highest BCUT2D eigenvalue weighted by molar-refractivity contribution is 5.73. The molecule has 0 aromatic heterocycles. The maximum Gasteiger partial charge on any atom is 0.219 e. The third-order valence-electron chi connectivity index (χ3n) is 5.40. The minimum absolute atomic E-state index is 0. The van der Waals surface area contributed by atoms with E-state index in [0.29, 0.717) is 0 Å². The molecule has 3 saturated heterocycles. The molecule has 3 fully saturated rings. The summed E-state index contributed by atoms with van der Waals surface area (Å²) in [7, 11) is 0. The maximum absolute atomic E-state index is 10.7. The van der Waals surface area contributed by atoms with Crippen LogP contribution in [0.3, 0.4) is 0 Å². The van der Waals surface area contributed by atoms with E-state index in [9.17, 15) is 14.4 Å². The smallest absolute Gasteiger partial charge is 0.219 e. The van der Waals surface area contributed by atoms with Crippen LogP contribution in [0.15, 0.2) is 0 Å². The molecular formula is C23H47N3O3. The number of piperidine rings is 3. The standard InChI is InChI=1S/3C7H13NO.2CH4/c3*1-7(9)8-5-3-2-4-6-8;;/h3*2-6H2,1H3;2*1H4. The fourth-order valence-corrected chi connectivity index (χ4v) is 3.63.